The largest absolute Gasteiger partial charge is 0.482 e. The van der Waals surface area contributed by atoms with Crippen molar-refractivity contribution in [1.29, 1.82) is 0 Å². The summed E-state index contributed by atoms with van der Waals surface area (Å²) in [6.07, 6.45) is 2.50. The van der Waals surface area contributed by atoms with Crippen LogP contribution in [0.5, 0.6) is 5.75 Å². The zero-order valence-electron chi connectivity index (χ0n) is 11.1. The van der Waals surface area contributed by atoms with E-state index >= 15 is 0 Å². The average molecular weight is 272 g/mol. The molecule has 0 aromatic heterocycles. The predicted molar refractivity (Wildman–Crippen MR) is 78.3 cm³/mol. The molecule has 0 bridgehead atoms. The summed E-state index contributed by atoms with van der Waals surface area (Å²) in [5.74, 6) is 1.03. The van der Waals surface area contributed by atoms with E-state index < -0.39 is 0 Å². The number of aliphatic imine (C=N–C) groups is 1. The lowest BCUT2D eigenvalue weighted by molar-refractivity contribution is -0.118. The van der Waals surface area contributed by atoms with E-state index in [2.05, 4.69) is 16.9 Å². The highest BCUT2D eigenvalue weighted by atomic mass is 16.5. The highest BCUT2D eigenvalue weighted by Crippen LogP contribution is 2.36. The van der Waals surface area contributed by atoms with Crippen LogP contribution < -0.4 is 20.7 Å². The lowest BCUT2D eigenvalue weighted by Crippen LogP contribution is -2.34. The highest BCUT2D eigenvalue weighted by molar-refractivity contribution is 6.00. The third-order valence-corrected chi connectivity index (χ3v) is 3.34. The van der Waals surface area contributed by atoms with Gasteiger partial charge in [0.1, 0.15) is 5.75 Å². The summed E-state index contributed by atoms with van der Waals surface area (Å²) in [5.41, 5.74) is 8.59. The first-order valence-corrected chi connectivity index (χ1v) is 6.47. The molecule has 0 fully saturated rings. The van der Waals surface area contributed by atoms with Crippen LogP contribution in [0, 0.1) is 0 Å². The van der Waals surface area contributed by atoms with Gasteiger partial charge in [0, 0.05) is 12.6 Å². The number of guanidine groups is 1. The van der Waals surface area contributed by atoms with E-state index in [4.69, 9.17) is 10.5 Å². The van der Waals surface area contributed by atoms with Gasteiger partial charge in [-0.2, -0.15) is 0 Å². The lowest BCUT2D eigenvalue weighted by atomic mass is 10.1. The first kappa shape index (κ1) is 12.5. The van der Waals surface area contributed by atoms with Crippen molar-refractivity contribution in [3.8, 4) is 5.75 Å². The summed E-state index contributed by atoms with van der Waals surface area (Å²) < 4.78 is 5.46. The molecule has 0 saturated carbocycles. The van der Waals surface area contributed by atoms with Crippen molar-refractivity contribution in [3.63, 3.8) is 0 Å². The maximum atomic E-state index is 11.4. The molecular weight excluding hydrogens is 256 g/mol. The molecule has 2 aliphatic heterocycles. The number of rotatable bonds is 3. The number of ether oxygens (including phenoxy) is 1. The van der Waals surface area contributed by atoms with Crippen LogP contribution in [0.2, 0.25) is 0 Å². The molecule has 0 spiro atoms. The van der Waals surface area contributed by atoms with Crippen LogP contribution in [0.25, 0.3) is 0 Å². The number of benzene rings is 1. The number of nitrogens with two attached hydrogens (primary N) is 1. The Morgan fingerprint density at radius 2 is 2.40 bits per heavy atom. The number of nitrogens with zero attached hydrogens (tertiary/aromatic N) is 2. The first-order chi connectivity index (χ1) is 9.69. The molecule has 1 amide bonds. The van der Waals surface area contributed by atoms with Gasteiger partial charge in [-0.05, 0) is 18.1 Å². The van der Waals surface area contributed by atoms with Crippen LogP contribution in [-0.4, -0.2) is 31.6 Å². The van der Waals surface area contributed by atoms with Crippen molar-refractivity contribution < 1.29 is 9.53 Å². The molecule has 0 radical (unpaired) electrons. The second-order valence-corrected chi connectivity index (χ2v) is 4.70. The molecular formula is C14H16N4O2. The molecule has 0 saturated heterocycles. The standard InChI is InChI=1S/C14H16N4O2/c1-2-3-9-6-10-12(20-8-13(19)17-10)7-11(9)18-5-4-16-14(18)15/h2,6-7H,1,3-5,8H2,(H2,15,16)(H,17,19). The Hall–Kier alpha value is -2.50. The van der Waals surface area contributed by atoms with Gasteiger partial charge in [-0.25, -0.2) is 0 Å². The van der Waals surface area contributed by atoms with Gasteiger partial charge in [-0.3, -0.25) is 9.79 Å². The number of hydrogen-bond acceptors (Lipinski definition) is 5. The lowest BCUT2D eigenvalue weighted by Gasteiger charge is -2.25. The molecule has 104 valence electrons. The monoisotopic (exact) mass is 272 g/mol. The topological polar surface area (TPSA) is 79.9 Å². The number of nitrogens with one attached hydrogen (secondary N) is 1. The minimum Gasteiger partial charge on any atom is -0.482 e. The molecule has 2 heterocycles. The number of allylic oxidation sites excluding steroid dienone is 1. The van der Waals surface area contributed by atoms with E-state index in [1.807, 2.05) is 23.1 Å². The number of fused-ring (bicyclic) bond motifs is 1. The van der Waals surface area contributed by atoms with Crippen molar-refractivity contribution in [2.45, 2.75) is 6.42 Å². The van der Waals surface area contributed by atoms with Crippen molar-refractivity contribution >= 4 is 23.2 Å². The molecule has 1 aromatic rings. The van der Waals surface area contributed by atoms with Crippen molar-refractivity contribution in [3.05, 3.63) is 30.4 Å². The maximum Gasteiger partial charge on any atom is 0.262 e. The van der Waals surface area contributed by atoms with Crippen molar-refractivity contribution in [2.24, 2.45) is 10.7 Å². The molecule has 3 rings (SSSR count). The molecule has 1 aromatic carbocycles. The van der Waals surface area contributed by atoms with Crippen LogP contribution in [0.15, 0.2) is 29.8 Å². The van der Waals surface area contributed by atoms with E-state index in [1.165, 1.54) is 0 Å². The van der Waals surface area contributed by atoms with Crippen LogP contribution >= 0.6 is 0 Å². The quantitative estimate of drug-likeness (QED) is 0.800. The summed E-state index contributed by atoms with van der Waals surface area (Å²) >= 11 is 0. The Morgan fingerprint density at radius 3 is 3.10 bits per heavy atom. The van der Waals surface area contributed by atoms with E-state index in [9.17, 15) is 4.79 Å². The Kier molecular flexibility index (Phi) is 3.06. The molecule has 3 N–H and O–H groups in total. The van der Waals surface area contributed by atoms with Gasteiger partial charge in [-0.15, -0.1) is 6.58 Å². The fraction of sp³-hybridized carbons (Fsp3) is 0.286. The molecule has 6 nitrogen and oxygen atoms in total. The third-order valence-electron chi connectivity index (χ3n) is 3.34. The summed E-state index contributed by atoms with van der Waals surface area (Å²) in [7, 11) is 0. The van der Waals surface area contributed by atoms with Gasteiger partial charge in [-0.1, -0.05) is 6.08 Å². The Labute approximate surface area is 116 Å². The maximum absolute atomic E-state index is 11.4. The first-order valence-electron chi connectivity index (χ1n) is 6.47. The number of carbonyl (C=O) groups excluding carboxylic acids is 1. The summed E-state index contributed by atoms with van der Waals surface area (Å²) in [6, 6.07) is 3.82. The molecule has 0 atom stereocenters. The SMILES string of the molecule is C=CCc1cc2c(cc1N1CCN=C1N)OCC(=O)N2. The summed E-state index contributed by atoms with van der Waals surface area (Å²) in [4.78, 5) is 17.5. The summed E-state index contributed by atoms with van der Waals surface area (Å²) in [5, 5.41) is 2.81. The minimum atomic E-state index is -0.142. The van der Waals surface area contributed by atoms with Crippen molar-refractivity contribution in [1.82, 2.24) is 0 Å². The Bertz CT molecular complexity index is 609. The summed E-state index contributed by atoms with van der Waals surface area (Å²) in [6.45, 7) is 5.25. The normalized spacial score (nSPS) is 17.1. The van der Waals surface area contributed by atoms with E-state index in [-0.39, 0.29) is 12.5 Å². The second-order valence-electron chi connectivity index (χ2n) is 4.70. The van der Waals surface area contributed by atoms with Gasteiger partial charge < -0.3 is 20.7 Å². The molecule has 20 heavy (non-hydrogen) atoms. The van der Waals surface area contributed by atoms with Crippen LogP contribution in [-0.2, 0) is 11.2 Å². The number of amides is 1. The van der Waals surface area contributed by atoms with Gasteiger partial charge in [0.2, 0.25) is 0 Å². The smallest absolute Gasteiger partial charge is 0.262 e. The molecule has 0 aliphatic carbocycles. The number of anilines is 2. The minimum absolute atomic E-state index is 0.0385. The zero-order chi connectivity index (χ0) is 14.1. The number of carbonyl (C=O) groups is 1. The molecule has 0 unspecified atom stereocenters. The van der Waals surface area contributed by atoms with Gasteiger partial charge in [0.05, 0.1) is 17.9 Å². The van der Waals surface area contributed by atoms with Crippen LogP contribution in [0.4, 0.5) is 11.4 Å². The predicted octanol–water partition coefficient (Wildman–Crippen LogP) is 0.881. The average Bonchev–Trinajstić information content (AvgIpc) is 2.84. The van der Waals surface area contributed by atoms with E-state index in [0.29, 0.717) is 30.4 Å². The Balaban J connectivity index is 2.06. The van der Waals surface area contributed by atoms with E-state index in [1.54, 1.807) is 0 Å². The van der Waals surface area contributed by atoms with Gasteiger partial charge in [0.25, 0.3) is 5.91 Å². The third kappa shape index (κ3) is 2.09. The Morgan fingerprint density at radius 1 is 1.55 bits per heavy atom. The fourth-order valence-electron chi connectivity index (χ4n) is 2.44. The molecule has 2 aliphatic rings. The van der Waals surface area contributed by atoms with Crippen LogP contribution in [0.1, 0.15) is 5.56 Å². The van der Waals surface area contributed by atoms with Gasteiger partial charge >= 0.3 is 0 Å². The second kappa shape index (κ2) is 4.88. The van der Waals surface area contributed by atoms with E-state index in [0.717, 1.165) is 17.8 Å². The molecule has 6 heteroatoms. The zero-order valence-corrected chi connectivity index (χ0v) is 11.1. The van der Waals surface area contributed by atoms with Gasteiger partial charge in [0.15, 0.2) is 12.6 Å². The fourth-order valence-corrected chi connectivity index (χ4v) is 2.44. The van der Waals surface area contributed by atoms with Crippen LogP contribution in [0.3, 0.4) is 0 Å². The van der Waals surface area contributed by atoms with Crippen molar-refractivity contribution in [2.75, 3.05) is 29.9 Å². The highest BCUT2D eigenvalue weighted by Gasteiger charge is 2.23. The number of hydrogen-bond donors (Lipinski definition) is 2.